The molecule has 0 aliphatic heterocycles. The number of hydrogen-bond donors (Lipinski definition) is 2. The number of aromatic amines is 1. The van der Waals surface area contributed by atoms with Crippen molar-refractivity contribution in [3.05, 3.63) is 124 Å². The molecule has 0 saturated heterocycles. The number of nitro benzene ring substituents is 1. The maximum Gasteiger partial charge on any atom is 0.328 e. The number of fused-ring (bicyclic) bond motifs is 4. The third-order valence-electron chi connectivity index (χ3n) is 7.67. The van der Waals surface area contributed by atoms with Crippen LogP contribution >= 0.6 is 0 Å². The second-order valence-corrected chi connectivity index (χ2v) is 12.1. The van der Waals surface area contributed by atoms with Crippen LogP contribution in [0, 0.1) is 10.1 Å². The van der Waals surface area contributed by atoms with Gasteiger partial charge in [0.05, 0.1) is 4.92 Å². The Morgan fingerprint density at radius 1 is 0.932 bits per heavy atom. The number of sulfone groups is 1. The van der Waals surface area contributed by atoms with E-state index in [2.05, 4.69) is 9.98 Å². The van der Waals surface area contributed by atoms with Gasteiger partial charge in [0.25, 0.3) is 5.69 Å². The SMILES string of the molecule is O=C(O)C(Cc1c(S(=O)(=O)c2ccccc2[N+](=O)[O-])[nH]c2ccccc12)N=C([O-])OCC1c2ccccc2-c2ccccc21. The third-order valence-corrected chi connectivity index (χ3v) is 9.48. The second-order valence-electron chi connectivity index (χ2n) is 10.2. The number of nitrogens with one attached hydrogen (secondary N) is 1. The van der Waals surface area contributed by atoms with Gasteiger partial charge >= 0.3 is 5.97 Å². The summed E-state index contributed by atoms with van der Waals surface area (Å²) in [6, 6.07) is 25.1. The number of benzene rings is 4. The van der Waals surface area contributed by atoms with Crippen LogP contribution in [0.1, 0.15) is 22.6 Å². The molecule has 0 amide bonds. The maximum atomic E-state index is 13.8. The van der Waals surface area contributed by atoms with Crippen LogP contribution in [0.3, 0.4) is 0 Å². The van der Waals surface area contributed by atoms with E-state index in [1.54, 1.807) is 24.3 Å². The van der Waals surface area contributed by atoms with Gasteiger partial charge in [0, 0.05) is 35.9 Å². The number of ether oxygens (including phenoxy) is 1. The molecule has 1 heterocycles. The Hall–Kier alpha value is -5.49. The third kappa shape index (κ3) is 5.05. The molecule has 222 valence electrons. The highest BCUT2D eigenvalue weighted by Gasteiger charge is 2.33. The normalized spacial score (nSPS) is 13.8. The van der Waals surface area contributed by atoms with Crippen LogP contribution in [0.15, 0.2) is 112 Å². The summed E-state index contributed by atoms with van der Waals surface area (Å²) in [4.78, 5) is 29.2. The number of hydrogen-bond acceptors (Lipinski definition) is 8. The summed E-state index contributed by atoms with van der Waals surface area (Å²) in [5, 5.41) is 34.5. The number of carboxylic acids is 1. The van der Waals surface area contributed by atoms with Crippen LogP contribution in [-0.4, -0.2) is 48.1 Å². The molecule has 11 nitrogen and oxygen atoms in total. The summed E-state index contributed by atoms with van der Waals surface area (Å²) in [5.41, 5.74) is 3.76. The summed E-state index contributed by atoms with van der Waals surface area (Å²) in [5.74, 6) is -1.74. The fourth-order valence-corrected chi connectivity index (χ4v) is 7.35. The largest absolute Gasteiger partial charge is 0.599 e. The van der Waals surface area contributed by atoms with E-state index in [1.165, 1.54) is 12.1 Å². The molecule has 4 aromatic carbocycles. The summed E-state index contributed by atoms with van der Waals surface area (Å²) < 4.78 is 33.0. The van der Waals surface area contributed by atoms with E-state index in [-0.39, 0.29) is 18.1 Å². The van der Waals surface area contributed by atoms with Crippen molar-refractivity contribution in [3.8, 4) is 11.1 Å². The molecule has 1 unspecified atom stereocenters. The Morgan fingerprint density at radius 3 is 2.18 bits per heavy atom. The molecule has 1 aliphatic rings. The van der Waals surface area contributed by atoms with Crippen LogP contribution in [-0.2, 0) is 25.8 Å². The van der Waals surface area contributed by atoms with Crippen LogP contribution < -0.4 is 5.11 Å². The highest BCUT2D eigenvalue weighted by Crippen LogP contribution is 2.44. The maximum absolute atomic E-state index is 13.8. The van der Waals surface area contributed by atoms with Gasteiger partial charge in [-0.25, -0.2) is 13.2 Å². The van der Waals surface area contributed by atoms with E-state index in [0.717, 1.165) is 34.4 Å². The fraction of sp³-hybridized carbons (Fsp3) is 0.125. The monoisotopic (exact) mass is 610 g/mol. The first-order valence-corrected chi connectivity index (χ1v) is 15.0. The lowest BCUT2D eigenvalue weighted by Crippen LogP contribution is -2.30. The summed E-state index contributed by atoms with van der Waals surface area (Å²) >= 11 is 0. The molecule has 44 heavy (non-hydrogen) atoms. The highest BCUT2D eigenvalue weighted by molar-refractivity contribution is 7.91. The molecule has 1 atom stereocenters. The van der Waals surface area contributed by atoms with Gasteiger partial charge in [-0.15, -0.1) is 0 Å². The van der Waals surface area contributed by atoms with Crippen molar-refractivity contribution in [2.24, 2.45) is 4.99 Å². The van der Waals surface area contributed by atoms with Crippen LogP contribution in [0.4, 0.5) is 5.69 Å². The Bertz CT molecular complexity index is 2020. The minimum Gasteiger partial charge on any atom is -0.599 e. The molecular weight excluding hydrogens is 586 g/mol. The van der Waals surface area contributed by atoms with Gasteiger partial charge in [0.15, 0.2) is 10.9 Å². The van der Waals surface area contributed by atoms with Crippen molar-refractivity contribution < 1.29 is 33.1 Å². The second kappa shape index (κ2) is 11.3. The number of nitrogens with zero attached hydrogens (tertiary/aromatic N) is 2. The summed E-state index contributed by atoms with van der Waals surface area (Å²) in [6.07, 6.45) is -1.61. The van der Waals surface area contributed by atoms with Gasteiger partial charge < -0.3 is 19.9 Å². The Kier molecular flexibility index (Phi) is 7.35. The highest BCUT2D eigenvalue weighted by atomic mass is 32.2. The molecular formula is C32H24N3O8S-. The van der Waals surface area contributed by atoms with E-state index in [9.17, 15) is 33.5 Å². The molecule has 6 rings (SSSR count). The lowest BCUT2D eigenvalue weighted by Gasteiger charge is -2.22. The predicted octanol–water partition coefficient (Wildman–Crippen LogP) is 4.45. The number of rotatable bonds is 9. The van der Waals surface area contributed by atoms with Crippen molar-refractivity contribution in [3.63, 3.8) is 0 Å². The number of H-pyrrole nitrogens is 1. The molecule has 12 heteroatoms. The van der Waals surface area contributed by atoms with Crippen molar-refractivity contribution in [2.45, 2.75) is 28.3 Å². The minimum absolute atomic E-state index is 0.0290. The first-order valence-electron chi connectivity index (χ1n) is 13.5. The van der Waals surface area contributed by atoms with Crippen molar-refractivity contribution in [1.82, 2.24) is 4.98 Å². The van der Waals surface area contributed by atoms with Gasteiger partial charge in [0.1, 0.15) is 11.1 Å². The van der Waals surface area contributed by atoms with Crippen molar-refractivity contribution in [2.75, 3.05) is 6.61 Å². The average molecular weight is 611 g/mol. The molecule has 1 aromatic heterocycles. The number of aromatic nitrogens is 1. The molecule has 0 saturated carbocycles. The van der Waals surface area contributed by atoms with Gasteiger partial charge in [-0.1, -0.05) is 78.9 Å². The fourth-order valence-electron chi connectivity index (χ4n) is 5.69. The number of aliphatic imine (C=N–C) groups is 1. The van der Waals surface area contributed by atoms with Gasteiger partial charge in [-0.05, 0) is 39.9 Å². The van der Waals surface area contributed by atoms with Gasteiger partial charge in [-0.2, -0.15) is 0 Å². The van der Waals surface area contributed by atoms with Crippen molar-refractivity contribution >= 4 is 38.5 Å². The summed E-state index contributed by atoms with van der Waals surface area (Å²) in [6.45, 7) is -0.0763. The zero-order chi connectivity index (χ0) is 31.0. The molecule has 0 spiro atoms. The molecule has 5 aromatic rings. The quantitative estimate of drug-likeness (QED) is 0.106. The molecule has 0 fully saturated rings. The number of aliphatic carboxylic acids is 1. The number of carbonyl (C=O) groups is 1. The zero-order valence-electron chi connectivity index (χ0n) is 22.9. The molecule has 0 radical (unpaired) electrons. The lowest BCUT2D eigenvalue weighted by molar-refractivity contribution is -0.387. The van der Waals surface area contributed by atoms with Crippen LogP contribution in [0.5, 0.6) is 0 Å². The van der Waals surface area contributed by atoms with E-state index >= 15 is 0 Å². The van der Waals surface area contributed by atoms with Crippen molar-refractivity contribution in [1.29, 1.82) is 0 Å². The van der Waals surface area contributed by atoms with Crippen LogP contribution in [0.25, 0.3) is 22.0 Å². The van der Waals surface area contributed by atoms with Gasteiger partial charge in [0.2, 0.25) is 9.84 Å². The first kappa shape index (κ1) is 28.6. The smallest absolute Gasteiger partial charge is 0.328 e. The average Bonchev–Trinajstić information content (AvgIpc) is 3.56. The van der Waals surface area contributed by atoms with Gasteiger partial charge in [-0.3, -0.25) is 15.1 Å². The minimum atomic E-state index is -4.53. The number of para-hydroxylation sites is 2. The Labute approximate surface area is 251 Å². The van der Waals surface area contributed by atoms with Crippen LogP contribution in [0.2, 0.25) is 0 Å². The zero-order valence-corrected chi connectivity index (χ0v) is 23.7. The standard InChI is InChI=1S/C32H25N3O8S/c36-31(37)27(34-32(38)43-18-25-21-11-3-1-9-19(21)20-10-2-4-12-22(20)25)17-24-23-13-5-6-14-26(23)33-30(24)44(41,42)29-16-8-7-15-28(29)35(39)40/h1-16,25,27,33H,17-18H2,(H,34,38)(H,36,37)/p-1. The topological polar surface area (TPSA) is 175 Å². The molecule has 0 bridgehead atoms. The molecule has 1 aliphatic carbocycles. The van der Waals surface area contributed by atoms with E-state index in [4.69, 9.17) is 4.74 Å². The molecule has 2 N–H and O–H groups in total. The summed E-state index contributed by atoms with van der Waals surface area (Å²) in [7, 11) is -4.53. The lowest BCUT2D eigenvalue weighted by atomic mass is 9.98. The Morgan fingerprint density at radius 2 is 1.52 bits per heavy atom. The van der Waals surface area contributed by atoms with E-state index < -0.39 is 54.9 Å². The predicted molar refractivity (Wildman–Crippen MR) is 159 cm³/mol. The van der Waals surface area contributed by atoms with E-state index in [0.29, 0.717) is 10.9 Å². The van der Waals surface area contributed by atoms with E-state index in [1.807, 2.05) is 48.5 Å². The Balaban J connectivity index is 1.32. The first-order chi connectivity index (χ1) is 21.2. The number of nitro groups is 1. The number of carboxylic acid groups (broad SMARTS) is 1.